The number of nitrogens with zero attached hydrogens (tertiary/aromatic N) is 5. The van der Waals surface area contributed by atoms with Crippen molar-refractivity contribution in [1.29, 1.82) is 0 Å². The maximum absolute atomic E-state index is 13.3. The van der Waals surface area contributed by atoms with Crippen molar-refractivity contribution in [1.82, 2.24) is 14.5 Å². The number of amides is 1. The van der Waals surface area contributed by atoms with Crippen LogP contribution in [0.2, 0.25) is 0 Å². The molecule has 0 spiro atoms. The number of hydrogen-bond donors (Lipinski definition) is 0. The average molecular weight is 566 g/mol. The molecule has 0 aliphatic carbocycles. The minimum Gasteiger partial charge on any atom is -0.339 e. The lowest BCUT2D eigenvalue weighted by Crippen LogP contribution is -2.47. The van der Waals surface area contributed by atoms with Crippen LogP contribution in [0.5, 0.6) is 0 Å². The number of carbonyl (C=O) groups is 1. The number of imidazole rings is 2. The Balaban J connectivity index is 1.46. The van der Waals surface area contributed by atoms with Crippen LogP contribution in [0, 0.1) is 6.54 Å². The highest BCUT2D eigenvalue weighted by molar-refractivity contribution is 5.78. The van der Waals surface area contributed by atoms with E-state index >= 15 is 0 Å². The predicted octanol–water partition coefficient (Wildman–Crippen LogP) is 6.54. The van der Waals surface area contributed by atoms with Gasteiger partial charge in [0.2, 0.25) is 12.2 Å². The summed E-state index contributed by atoms with van der Waals surface area (Å²) in [6.07, 6.45) is 19.0. The Hall–Kier alpha value is -3.80. The molecular weight excluding hydrogens is 518 g/mol. The highest BCUT2D eigenvalue weighted by atomic mass is 16.2. The lowest BCUT2D eigenvalue weighted by molar-refractivity contribution is -0.787. The molecule has 3 heterocycles. The van der Waals surface area contributed by atoms with Crippen molar-refractivity contribution in [2.24, 2.45) is 0 Å². The standard InChI is InChI=1S/C36H47N5O/c1-4-33(39-20-18-37-27-39)25-34(40-22-21-38(5-2)28-40)26-35(41-19-12-17-36(41)42)24-32(31-15-10-7-11-16-31)23-29(3)30-13-8-6-9-14-30/h5-11,13-16,18,20-22,27-29,32-35H,4,12,17,19,23-26H2,1-3H3. The van der Waals surface area contributed by atoms with Crippen molar-refractivity contribution < 1.29 is 13.9 Å². The second kappa shape index (κ2) is 14.4. The predicted molar refractivity (Wildman–Crippen MR) is 166 cm³/mol. The Labute approximate surface area is 252 Å². The molecule has 0 radical (unpaired) electrons. The second-order valence-corrected chi connectivity index (χ2v) is 12.0. The van der Waals surface area contributed by atoms with Gasteiger partial charge < -0.3 is 18.6 Å². The van der Waals surface area contributed by atoms with Gasteiger partial charge in [-0.1, -0.05) is 74.5 Å². The van der Waals surface area contributed by atoms with Gasteiger partial charge in [0.1, 0.15) is 6.04 Å². The normalized spacial score (nSPS) is 17.1. The third kappa shape index (κ3) is 7.33. The van der Waals surface area contributed by atoms with Gasteiger partial charge in [0.05, 0.1) is 6.33 Å². The Kier molecular flexibility index (Phi) is 10.2. The lowest BCUT2D eigenvalue weighted by atomic mass is 9.81. The van der Waals surface area contributed by atoms with E-state index in [0.717, 1.165) is 45.1 Å². The van der Waals surface area contributed by atoms with Gasteiger partial charge in [0, 0.05) is 69.2 Å². The van der Waals surface area contributed by atoms with E-state index < -0.39 is 0 Å². The molecule has 1 amide bonds. The molecule has 0 N–H and O–H groups in total. The summed E-state index contributed by atoms with van der Waals surface area (Å²) in [4.78, 5) is 19.9. The van der Waals surface area contributed by atoms with Crippen LogP contribution >= 0.6 is 0 Å². The summed E-state index contributed by atoms with van der Waals surface area (Å²) >= 11 is 0. The van der Waals surface area contributed by atoms with E-state index in [1.165, 1.54) is 11.1 Å². The van der Waals surface area contributed by atoms with Crippen LogP contribution in [0.25, 0.3) is 0 Å². The molecule has 0 bridgehead atoms. The third-order valence-electron chi connectivity index (χ3n) is 9.29. The van der Waals surface area contributed by atoms with Crippen LogP contribution in [0.15, 0.2) is 98.1 Å². The fourth-order valence-electron chi connectivity index (χ4n) is 6.88. The summed E-state index contributed by atoms with van der Waals surface area (Å²) in [5, 5.41) is 0. The van der Waals surface area contributed by atoms with E-state index in [-0.39, 0.29) is 12.1 Å². The van der Waals surface area contributed by atoms with Gasteiger partial charge in [-0.25, -0.2) is 4.98 Å². The lowest BCUT2D eigenvalue weighted by Gasteiger charge is -2.34. The van der Waals surface area contributed by atoms with Crippen LogP contribution < -0.4 is 9.13 Å². The van der Waals surface area contributed by atoms with E-state index in [1.54, 1.807) is 0 Å². The number of hydrogen-bond acceptors (Lipinski definition) is 2. The Morgan fingerprint density at radius 1 is 0.976 bits per heavy atom. The number of likely N-dealkylation sites (tertiary alicyclic amines) is 1. The smallest absolute Gasteiger partial charge is 0.247 e. The van der Waals surface area contributed by atoms with Crippen molar-refractivity contribution in [2.75, 3.05) is 6.54 Å². The molecule has 6 nitrogen and oxygen atoms in total. The molecule has 4 aromatic rings. The molecule has 222 valence electrons. The summed E-state index contributed by atoms with van der Waals surface area (Å²) < 4.78 is 6.74. The molecule has 1 saturated heterocycles. The SMILES string of the molecule is C[CH-][n+]1c[cH-][n+](C(CC(CC(CC(C)c2ccccc2)c2ccccc2)N2CCCC2=O)CC(CC)n2ccnc2)c1. The second-order valence-electron chi connectivity index (χ2n) is 12.0. The molecule has 2 aromatic carbocycles. The molecule has 1 fully saturated rings. The molecule has 1 aliphatic rings. The van der Waals surface area contributed by atoms with Gasteiger partial charge in [0.15, 0.2) is 0 Å². The average Bonchev–Trinajstić information content (AvgIpc) is 3.82. The first-order valence-corrected chi connectivity index (χ1v) is 15.8. The van der Waals surface area contributed by atoms with E-state index in [0.29, 0.717) is 30.2 Å². The summed E-state index contributed by atoms with van der Waals surface area (Å²) in [6, 6.07) is 22.6. The zero-order chi connectivity index (χ0) is 29.3. The third-order valence-corrected chi connectivity index (χ3v) is 9.29. The van der Waals surface area contributed by atoms with Gasteiger partial charge in [-0.3, -0.25) is 4.79 Å². The highest BCUT2D eigenvalue weighted by Crippen LogP contribution is 2.37. The van der Waals surface area contributed by atoms with Crippen LogP contribution in [-0.2, 0) is 4.79 Å². The van der Waals surface area contributed by atoms with Crippen LogP contribution in [0.4, 0.5) is 0 Å². The summed E-state index contributed by atoms with van der Waals surface area (Å²) in [5.41, 5.74) is 2.75. The summed E-state index contributed by atoms with van der Waals surface area (Å²) in [6.45, 7) is 9.61. The first-order valence-electron chi connectivity index (χ1n) is 15.8. The Morgan fingerprint density at radius 3 is 2.29 bits per heavy atom. The number of aromatic nitrogens is 4. The summed E-state index contributed by atoms with van der Waals surface area (Å²) in [5.74, 6) is 1.10. The first-order chi connectivity index (χ1) is 20.6. The molecule has 5 unspecified atom stereocenters. The minimum absolute atomic E-state index is 0.167. The molecule has 2 aromatic heterocycles. The quantitative estimate of drug-likeness (QED) is 0.121. The van der Waals surface area contributed by atoms with Crippen LogP contribution in [0.3, 0.4) is 0 Å². The van der Waals surface area contributed by atoms with E-state index in [2.05, 4.69) is 136 Å². The van der Waals surface area contributed by atoms with Gasteiger partial charge >= 0.3 is 0 Å². The Bertz CT molecular complexity index is 1350. The van der Waals surface area contributed by atoms with Crippen molar-refractivity contribution in [2.45, 2.75) is 95.7 Å². The van der Waals surface area contributed by atoms with Gasteiger partial charge in [-0.05, 0) is 55.6 Å². The molecule has 6 heteroatoms. The molecule has 1 aliphatic heterocycles. The van der Waals surface area contributed by atoms with E-state index in [1.807, 2.05) is 12.5 Å². The van der Waals surface area contributed by atoms with E-state index in [9.17, 15) is 4.79 Å². The van der Waals surface area contributed by atoms with Crippen molar-refractivity contribution >= 4 is 5.91 Å². The van der Waals surface area contributed by atoms with Crippen LogP contribution in [0.1, 0.15) is 101 Å². The monoisotopic (exact) mass is 565 g/mol. The molecule has 0 saturated carbocycles. The molecule has 42 heavy (non-hydrogen) atoms. The number of carbonyl (C=O) groups excluding carboxylic acids is 1. The maximum Gasteiger partial charge on any atom is 0.247 e. The van der Waals surface area contributed by atoms with Gasteiger partial charge in [0.25, 0.3) is 0 Å². The first kappa shape index (κ1) is 29.7. The van der Waals surface area contributed by atoms with Gasteiger partial charge in [-0.2, -0.15) is 0 Å². The molecule has 5 atom stereocenters. The van der Waals surface area contributed by atoms with Crippen LogP contribution in [-0.4, -0.2) is 32.9 Å². The molecular formula is C36H47N5O. The fraction of sp³-hybridized carbons (Fsp3) is 0.444. The maximum atomic E-state index is 13.3. The zero-order valence-corrected chi connectivity index (χ0v) is 25.5. The fourth-order valence-corrected chi connectivity index (χ4v) is 6.88. The van der Waals surface area contributed by atoms with Crippen molar-refractivity contribution in [3.05, 3.63) is 116 Å². The van der Waals surface area contributed by atoms with Gasteiger partial charge in [-0.15, -0.1) is 0 Å². The van der Waals surface area contributed by atoms with Crippen molar-refractivity contribution in [3.63, 3.8) is 0 Å². The Morgan fingerprint density at radius 2 is 1.69 bits per heavy atom. The highest BCUT2D eigenvalue weighted by Gasteiger charge is 2.35. The number of rotatable bonds is 15. The number of benzene rings is 2. The summed E-state index contributed by atoms with van der Waals surface area (Å²) in [7, 11) is 0. The van der Waals surface area contributed by atoms with E-state index in [4.69, 9.17) is 0 Å². The topological polar surface area (TPSA) is 45.9 Å². The largest absolute Gasteiger partial charge is 0.339 e. The molecule has 5 rings (SSSR count). The van der Waals surface area contributed by atoms with Crippen molar-refractivity contribution in [3.8, 4) is 0 Å². The minimum atomic E-state index is 0.167. The zero-order valence-electron chi connectivity index (χ0n) is 25.5.